The van der Waals surface area contributed by atoms with Crippen molar-refractivity contribution in [2.75, 3.05) is 18.1 Å². The zero-order valence-electron chi connectivity index (χ0n) is 16.6. The molecule has 0 aliphatic carbocycles. The summed E-state index contributed by atoms with van der Waals surface area (Å²) >= 11 is 0. The van der Waals surface area contributed by atoms with Crippen molar-refractivity contribution in [2.45, 2.75) is 6.42 Å². The Morgan fingerprint density at radius 2 is 1.77 bits per heavy atom. The Hall–Kier alpha value is -3.66. The molecule has 2 aromatic heterocycles. The number of nitrogens with zero attached hydrogens (tertiary/aromatic N) is 5. The zero-order chi connectivity index (χ0) is 21.8. The van der Waals surface area contributed by atoms with E-state index in [0.717, 1.165) is 16.8 Å². The van der Waals surface area contributed by atoms with Crippen molar-refractivity contribution < 1.29 is 12.8 Å². The maximum atomic E-state index is 13.3. The lowest BCUT2D eigenvalue weighted by Gasteiger charge is -2.09. The van der Waals surface area contributed by atoms with E-state index in [4.69, 9.17) is 0 Å². The fourth-order valence-electron chi connectivity index (χ4n) is 3.06. The summed E-state index contributed by atoms with van der Waals surface area (Å²) in [6.07, 6.45) is 3.33. The van der Waals surface area contributed by atoms with Crippen LogP contribution in [0.15, 0.2) is 66.9 Å². The van der Waals surface area contributed by atoms with Gasteiger partial charge in [0.15, 0.2) is 0 Å². The summed E-state index contributed by atoms with van der Waals surface area (Å²) in [7, 11) is -3.75. The molecule has 2 heterocycles. The van der Waals surface area contributed by atoms with Gasteiger partial charge in [-0.25, -0.2) is 22.8 Å². The third-order valence-electron chi connectivity index (χ3n) is 4.51. The number of hydrogen-bond acceptors (Lipinski definition) is 7. The van der Waals surface area contributed by atoms with E-state index in [0.29, 0.717) is 23.8 Å². The van der Waals surface area contributed by atoms with E-state index in [1.807, 2.05) is 30.3 Å². The van der Waals surface area contributed by atoms with Gasteiger partial charge in [-0.05, 0) is 42.3 Å². The SMILES string of the molecule is CS(=O)(=O)n1nnc(-c2ccc(F)cc2)c1-c1ccnc(NCCc2ccccc2)n1. The Morgan fingerprint density at radius 3 is 2.48 bits per heavy atom. The highest BCUT2D eigenvalue weighted by molar-refractivity contribution is 7.89. The predicted molar refractivity (Wildman–Crippen MR) is 115 cm³/mol. The van der Waals surface area contributed by atoms with Crippen LogP contribution >= 0.6 is 0 Å². The lowest BCUT2D eigenvalue weighted by molar-refractivity contribution is 0.584. The summed E-state index contributed by atoms with van der Waals surface area (Å²) in [6, 6.07) is 17.1. The van der Waals surface area contributed by atoms with Crippen molar-refractivity contribution >= 4 is 16.0 Å². The highest BCUT2D eigenvalue weighted by Gasteiger charge is 2.23. The van der Waals surface area contributed by atoms with E-state index in [1.54, 1.807) is 6.07 Å². The van der Waals surface area contributed by atoms with Gasteiger partial charge in [0.25, 0.3) is 10.0 Å². The third-order valence-corrected chi connectivity index (χ3v) is 5.40. The summed E-state index contributed by atoms with van der Waals surface area (Å²) in [5.74, 6) is -0.0625. The molecule has 4 rings (SSSR count). The summed E-state index contributed by atoms with van der Waals surface area (Å²) < 4.78 is 38.7. The first-order chi connectivity index (χ1) is 14.9. The van der Waals surface area contributed by atoms with Gasteiger partial charge in [0.05, 0.1) is 11.9 Å². The van der Waals surface area contributed by atoms with Crippen LogP contribution in [0.4, 0.5) is 10.3 Å². The van der Waals surface area contributed by atoms with Crippen molar-refractivity contribution in [3.05, 3.63) is 78.2 Å². The van der Waals surface area contributed by atoms with Gasteiger partial charge in [0.2, 0.25) is 5.95 Å². The van der Waals surface area contributed by atoms with Crippen molar-refractivity contribution in [1.82, 2.24) is 24.4 Å². The second kappa shape index (κ2) is 8.60. The van der Waals surface area contributed by atoms with Crippen LogP contribution in [-0.2, 0) is 16.4 Å². The van der Waals surface area contributed by atoms with Gasteiger partial charge in [-0.2, -0.15) is 0 Å². The quantitative estimate of drug-likeness (QED) is 0.473. The third kappa shape index (κ3) is 4.75. The zero-order valence-corrected chi connectivity index (χ0v) is 17.4. The first-order valence-corrected chi connectivity index (χ1v) is 11.3. The second-order valence-electron chi connectivity index (χ2n) is 6.83. The first-order valence-electron chi connectivity index (χ1n) is 9.45. The highest BCUT2D eigenvalue weighted by atomic mass is 32.2. The van der Waals surface area contributed by atoms with E-state index < -0.39 is 15.8 Å². The molecule has 0 aliphatic heterocycles. The summed E-state index contributed by atoms with van der Waals surface area (Å²) in [4.78, 5) is 8.68. The monoisotopic (exact) mass is 438 g/mol. The molecule has 0 unspecified atom stereocenters. The van der Waals surface area contributed by atoms with E-state index >= 15 is 0 Å². The molecule has 0 atom stereocenters. The predicted octanol–water partition coefficient (Wildman–Crippen LogP) is 3.00. The molecule has 0 saturated heterocycles. The average molecular weight is 438 g/mol. The van der Waals surface area contributed by atoms with E-state index in [-0.39, 0.29) is 11.4 Å². The molecule has 0 saturated carbocycles. The van der Waals surface area contributed by atoms with Crippen LogP contribution in [0.5, 0.6) is 0 Å². The second-order valence-corrected chi connectivity index (χ2v) is 8.64. The molecule has 2 aromatic carbocycles. The van der Waals surface area contributed by atoms with Gasteiger partial charge < -0.3 is 5.32 Å². The van der Waals surface area contributed by atoms with Crippen LogP contribution in [0.1, 0.15) is 5.56 Å². The molecule has 0 bridgehead atoms. The molecule has 0 aliphatic rings. The Bertz CT molecular complexity index is 1290. The molecule has 0 radical (unpaired) electrons. The van der Waals surface area contributed by atoms with Crippen LogP contribution < -0.4 is 5.32 Å². The fraction of sp³-hybridized carbons (Fsp3) is 0.143. The lowest BCUT2D eigenvalue weighted by atomic mass is 10.1. The highest BCUT2D eigenvalue weighted by Crippen LogP contribution is 2.30. The summed E-state index contributed by atoms with van der Waals surface area (Å²) in [5.41, 5.74) is 2.47. The van der Waals surface area contributed by atoms with Crippen LogP contribution in [0.3, 0.4) is 0 Å². The van der Waals surface area contributed by atoms with Gasteiger partial charge >= 0.3 is 0 Å². The molecule has 0 fully saturated rings. The number of rotatable bonds is 7. The van der Waals surface area contributed by atoms with Crippen molar-refractivity contribution in [3.8, 4) is 22.6 Å². The number of nitrogens with one attached hydrogen (secondary N) is 1. The van der Waals surface area contributed by atoms with E-state index in [2.05, 4.69) is 25.6 Å². The Kier molecular flexibility index (Phi) is 5.72. The normalized spacial score (nSPS) is 11.4. The van der Waals surface area contributed by atoms with Gasteiger partial charge in [0.1, 0.15) is 17.2 Å². The van der Waals surface area contributed by atoms with Crippen LogP contribution in [0.25, 0.3) is 22.6 Å². The smallest absolute Gasteiger partial charge is 0.252 e. The molecule has 0 amide bonds. The van der Waals surface area contributed by atoms with Crippen LogP contribution in [0.2, 0.25) is 0 Å². The molecular formula is C21H19FN6O2S. The Balaban J connectivity index is 1.67. The standard InChI is InChI=1S/C21H19FN6O2S/c1-31(29,30)28-20(19(26-27-28)16-7-9-17(22)10-8-16)18-12-14-24-21(25-18)23-13-11-15-5-3-2-4-6-15/h2-10,12,14H,11,13H2,1H3,(H,23,24,25). The lowest BCUT2D eigenvalue weighted by Crippen LogP contribution is -2.14. The van der Waals surface area contributed by atoms with E-state index in [9.17, 15) is 12.8 Å². The van der Waals surface area contributed by atoms with Crippen molar-refractivity contribution in [2.24, 2.45) is 0 Å². The number of benzene rings is 2. The number of aromatic nitrogens is 5. The minimum Gasteiger partial charge on any atom is -0.354 e. The van der Waals surface area contributed by atoms with Gasteiger partial charge in [-0.1, -0.05) is 35.5 Å². The maximum absolute atomic E-state index is 13.3. The van der Waals surface area contributed by atoms with Gasteiger partial charge in [0, 0.05) is 18.3 Å². The Morgan fingerprint density at radius 1 is 1.03 bits per heavy atom. The molecule has 10 heteroatoms. The summed E-state index contributed by atoms with van der Waals surface area (Å²) in [5, 5.41) is 11.0. The molecule has 0 spiro atoms. The van der Waals surface area contributed by atoms with Crippen molar-refractivity contribution in [1.29, 1.82) is 0 Å². The molecule has 4 aromatic rings. The van der Waals surface area contributed by atoms with Crippen LogP contribution in [0, 0.1) is 5.82 Å². The molecule has 1 N–H and O–H groups in total. The maximum Gasteiger partial charge on any atom is 0.252 e. The van der Waals surface area contributed by atoms with Crippen molar-refractivity contribution in [3.63, 3.8) is 0 Å². The molecule has 158 valence electrons. The minimum absolute atomic E-state index is 0.183. The topological polar surface area (TPSA) is 103 Å². The largest absolute Gasteiger partial charge is 0.354 e. The van der Waals surface area contributed by atoms with Crippen LogP contribution in [-0.4, -0.2) is 45.6 Å². The van der Waals surface area contributed by atoms with Gasteiger partial charge in [-0.15, -0.1) is 9.19 Å². The van der Waals surface area contributed by atoms with E-state index in [1.165, 1.54) is 36.0 Å². The first kappa shape index (κ1) is 20.6. The number of anilines is 1. The fourth-order valence-corrected chi connectivity index (χ4v) is 3.74. The minimum atomic E-state index is -3.75. The Labute approximate surface area is 178 Å². The molecular weight excluding hydrogens is 419 g/mol. The van der Waals surface area contributed by atoms with Gasteiger partial charge in [-0.3, -0.25) is 0 Å². The molecule has 31 heavy (non-hydrogen) atoms. The number of hydrogen-bond donors (Lipinski definition) is 1. The number of halogens is 1. The molecule has 8 nitrogen and oxygen atoms in total. The average Bonchev–Trinajstić information content (AvgIpc) is 3.21. The summed E-state index contributed by atoms with van der Waals surface area (Å²) in [6.45, 7) is 0.599.